The Morgan fingerprint density at radius 3 is 2.89 bits per heavy atom. The van der Waals surface area contributed by atoms with Gasteiger partial charge in [-0.25, -0.2) is 0 Å². The third kappa shape index (κ3) is 1.78. The lowest BCUT2D eigenvalue weighted by Crippen LogP contribution is -2.35. The Kier molecular flexibility index (Phi) is 2.80. The molecule has 0 radical (unpaired) electrons. The number of nitrogens with one attached hydrogen (secondary N) is 1. The van der Waals surface area contributed by atoms with E-state index < -0.39 is 0 Å². The summed E-state index contributed by atoms with van der Waals surface area (Å²) in [5.41, 5.74) is 2.23. The van der Waals surface area contributed by atoms with Crippen LogP contribution >= 0.6 is 0 Å². The van der Waals surface area contributed by atoms with E-state index in [2.05, 4.69) is 16.5 Å². The monoisotopic (exact) mass is 243 g/mol. The molecular formula is C14H17N3O. The third-order valence-electron chi connectivity index (χ3n) is 3.44. The number of fused-ring (bicyclic) bond motifs is 1. The number of aryl methyl sites for hydroxylation is 1. The van der Waals surface area contributed by atoms with Gasteiger partial charge in [0, 0.05) is 11.8 Å². The van der Waals surface area contributed by atoms with Crippen molar-refractivity contribution in [3.8, 4) is 5.75 Å². The molecule has 2 aromatic rings. The summed E-state index contributed by atoms with van der Waals surface area (Å²) < 4.78 is 7.82. The minimum absolute atomic E-state index is 0.193. The number of likely N-dealkylation sites (N-methyl/N-ethyl adjacent to an activating group) is 1. The first-order chi connectivity index (χ1) is 8.79. The van der Waals surface area contributed by atoms with Gasteiger partial charge in [-0.1, -0.05) is 18.2 Å². The second kappa shape index (κ2) is 4.46. The first kappa shape index (κ1) is 11.3. The zero-order chi connectivity index (χ0) is 12.5. The van der Waals surface area contributed by atoms with Gasteiger partial charge in [0.15, 0.2) is 0 Å². The number of rotatable bonds is 2. The minimum atomic E-state index is 0.193. The van der Waals surface area contributed by atoms with Crippen LogP contribution in [0.15, 0.2) is 36.5 Å². The Bertz CT molecular complexity index is 549. The van der Waals surface area contributed by atoms with E-state index in [1.807, 2.05) is 49.1 Å². The van der Waals surface area contributed by atoms with E-state index in [4.69, 9.17) is 4.74 Å². The van der Waals surface area contributed by atoms with Crippen LogP contribution in [-0.4, -0.2) is 23.4 Å². The van der Waals surface area contributed by atoms with Crippen LogP contribution in [0.4, 0.5) is 0 Å². The highest BCUT2D eigenvalue weighted by Gasteiger charge is 2.31. The van der Waals surface area contributed by atoms with Crippen LogP contribution in [0.5, 0.6) is 5.75 Å². The Balaban J connectivity index is 1.99. The number of benzene rings is 1. The molecule has 0 saturated heterocycles. The van der Waals surface area contributed by atoms with Gasteiger partial charge in [-0.05, 0) is 26.1 Å². The summed E-state index contributed by atoms with van der Waals surface area (Å²) in [7, 11) is 1.98. The maximum atomic E-state index is 5.83. The average Bonchev–Trinajstić information content (AvgIpc) is 2.84. The van der Waals surface area contributed by atoms with Crippen LogP contribution in [0.2, 0.25) is 0 Å². The van der Waals surface area contributed by atoms with Gasteiger partial charge < -0.3 is 10.1 Å². The van der Waals surface area contributed by atoms with Crippen LogP contribution in [-0.2, 0) is 0 Å². The molecule has 1 aromatic carbocycles. The van der Waals surface area contributed by atoms with Crippen LogP contribution in [0.25, 0.3) is 0 Å². The quantitative estimate of drug-likeness (QED) is 0.877. The van der Waals surface area contributed by atoms with E-state index in [1.54, 1.807) is 0 Å². The van der Waals surface area contributed by atoms with Gasteiger partial charge in [-0.3, -0.25) is 4.68 Å². The van der Waals surface area contributed by atoms with Crippen molar-refractivity contribution in [3.05, 3.63) is 47.8 Å². The number of hydrogen-bond acceptors (Lipinski definition) is 3. The standard InChI is InChI=1S/C14H17N3O/c1-10-7-8-17(16-10)12-9-18-13-6-4-3-5-11(13)14(12)15-2/h3-8,12,14-15H,9H2,1-2H3. The molecule has 0 bridgehead atoms. The van der Waals surface area contributed by atoms with E-state index in [0.29, 0.717) is 6.61 Å². The largest absolute Gasteiger partial charge is 0.491 e. The van der Waals surface area contributed by atoms with Crippen molar-refractivity contribution in [3.63, 3.8) is 0 Å². The van der Waals surface area contributed by atoms with Crippen LogP contribution in [0, 0.1) is 6.92 Å². The van der Waals surface area contributed by atoms with Gasteiger partial charge in [-0.2, -0.15) is 5.10 Å². The normalized spacial score (nSPS) is 22.3. The molecule has 2 atom stereocenters. The molecule has 0 fully saturated rings. The fourth-order valence-electron chi connectivity index (χ4n) is 2.54. The van der Waals surface area contributed by atoms with E-state index in [9.17, 15) is 0 Å². The van der Waals surface area contributed by atoms with Crippen LogP contribution < -0.4 is 10.1 Å². The molecule has 18 heavy (non-hydrogen) atoms. The molecule has 1 N–H and O–H groups in total. The Hall–Kier alpha value is -1.81. The van der Waals surface area contributed by atoms with Crippen molar-refractivity contribution < 1.29 is 4.74 Å². The average molecular weight is 243 g/mol. The number of ether oxygens (including phenoxy) is 1. The lowest BCUT2D eigenvalue weighted by atomic mass is 9.96. The maximum Gasteiger partial charge on any atom is 0.124 e. The lowest BCUT2D eigenvalue weighted by molar-refractivity contribution is 0.174. The molecule has 4 heteroatoms. The van der Waals surface area contributed by atoms with Gasteiger partial charge in [0.1, 0.15) is 18.4 Å². The van der Waals surface area contributed by atoms with Crippen molar-refractivity contribution in [2.75, 3.05) is 13.7 Å². The van der Waals surface area contributed by atoms with Gasteiger partial charge in [-0.15, -0.1) is 0 Å². The Morgan fingerprint density at radius 1 is 1.33 bits per heavy atom. The fraction of sp³-hybridized carbons (Fsp3) is 0.357. The number of hydrogen-bond donors (Lipinski definition) is 1. The molecule has 1 aliphatic heterocycles. The molecule has 0 aliphatic carbocycles. The maximum absolute atomic E-state index is 5.83. The predicted molar refractivity (Wildman–Crippen MR) is 69.7 cm³/mol. The minimum Gasteiger partial charge on any atom is -0.491 e. The second-order valence-corrected chi connectivity index (χ2v) is 4.62. The van der Waals surface area contributed by atoms with Crippen LogP contribution in [0.1, 0.15) is 23.3 Å². The summed E-state index contributed by atoms with van der Waals surface area (Å²) in [6.45, 7) is 2.64. The first-order valence-corrected chi connectivity index (χ1v) is 6.20. The highest BCUT2D eigenvalue weighted by atomic mass is 16.5. The molecule has 0 saturated carbocycles. The van der Waals surface area contributed by atoms with E-state index >= 15 is 0 Å². The number of para-hydroxylation sites is 1. The summed E-state index contributed by atoms with van der Waals surface area (Å²) in [5.74, 6) is 0.969. The highest BCUT2D eigenvalue weighted by Crippen LogP contribution is 2.37. The summed E-state index contributed by atoms with van der Waals surface area (Å²) in [6.07, 6.45) is 2.02. The lowest BCUT2D eigenvalue weighted by Gasteiger charge is -2.33. The van der Waals surface area contributed by atoms with Crippen molar-refractivity contribution in [1.29, 1.82) is 0 Å². The molecule has 94 valence electrons. The Labute approximate surface area is 107 Å². The molecule has 2 heterocycles. The number of nitrogens with zero attached hydrogens (tertiary/aromatic N) is 2. The van der Waals surface area contributed by atoms with Gasteiger partial charge in [0.05, 0.1) is 11.7 Å². The zero-order valence-electron chi connectivity index (χ0n) is 10.6. The SMILES string of the molecule is CNC1c2ccccc2OCC1n1ccc(C)n1. The van der Waals surface area contributed by atoms with Crippen molar-refractivity contribution in [2.45, 2.75) is 19.0 Å². The van der Waals surface area contributed by atoms with Gasteiger partial charge in [0.2, 0.25) is 0 Å². The Morgan fingerprint density at radius 2 is 2.17 bits per heavy atom. The molecule has 2 unspecified atom stereocenters. The van der Waals surface area contributed by atoms with E-state index in [0.717, 1.165) is 11.4 Å². The first-order valence-electron chi connectivity index (χ1n) is 6.20. The molecule has 0 spiro atoms. The van der Waals surface area contributed by atoms with E-state index in [1.165, 1.54) is 5.56 Å². The molecule has 0 amide bonds. The molecule has 3 rings (SSSR count). The zero-order valence-corrected chi connectivity index (χ0v) is 10.6. The van der Waals surface area contributed by atoms with Gasteiger partial charge in [0.25, 0.3) is 0 Å². The summed E-state index contributed by atoms with van der Waals surface area (Å²) in [5, 5.41) is 7.88. The highest BCUT2D eigenvalue weighted by molar-refractivity contribution is 5.38. The molecule has 1 aromatic heterocycles. The van der Waals surface area contributed by atoms with E-state index in [-0.39, 0.29) is 12.1 Å². The summed E-state index contributed by atoms with van der Waals surface area (Å²) in [6, 6.07) is 10.6. The van der Waals surface area contributed by atoms with Gasteiger partial charge >= 0.3 is 0 Å². The topological polar surface area (TPSA) is 39.1 Å². The summed E-state index contributed by atoms with van der Waals surface area (Å²) >= 11 is 0. The predicted octanol–water partition coefficient (Wildman–Crippen LogP) is 2.09. The second-order valence-electron chi connectivity index (χ2n) is 4.62. The number of aromatic nitrogens is 2. The third-order valence-corrected chi connectivity index (χ3v) is 3.44. The van der Waals surface area contributed by atoms with Crippen molar-refractivity contribution in [2.24, 2.45) is 0 Å². The smallest absolute Gasteiger partial charge is 0.124 e. The molecular weight excluding hydrogens is 226 g/mol. The van der Waals surface area contributed by atoms with Crippen LogP contribution in [0.3, 0.4) is 0 Å². The molecule has 4 nitrogen and oxygen atoms in total. The van der Waals surface area contributed by atoms with Crippen molar-refractivity contribution >= 4 is 0 Å². The van der Waals surface area contributed by atoms with Crippen molar-refractivity contribution in [1.82, 2.24) is 15.1 Å². The summed E-state index contributed by atoms with van der Waals surface area (Å²) in [4.78, 5) is 0. The fourth-order valence-corrected chi connectivity index (χ4v) is 2.54. The molecule has 1 aliphatic rings.